The van der Waals surface area contributed by atoms with Gasteiger partial charge in [-0.2, -0.15) is 4.98 Å². The van der Waals surface area contributed by atoms with Crippen molar-refractivity contribution < 1.29 is 14.1 Å². The van der Waals surface area contributed by atoms with Gasteiger partial charge in [0, 0.05) is 35.1 Å². The van der Waals surface area contributed by atoms with E-state index in [0.717, 1.165) is 9.13 Å². The molecule has 0 fully saturated rings. The molecule has 1 unspecified atom stereocenters. The number of hydrogen-bond donors (Lipinski definition) is 1. The zero-order valence-electron chi connectivity index (χ0n) is 12.5. The molecule has 1 aromatic heterocycles. The first-order valence-electron chi connectivity index (χ1n) is 6.95. The number of benzene rings is 1. The molecule has 2 rings (SSSR count). The molecular weight excluding hydrogens is 397 g/mol. The molecular formula is C15H18IN3O3. The molecule has 1 aromatic carbocycles. The van der Waals surface area contributed by atoms with Crippen LogP contribution in [0.2, 0.25) is 0 Å². The van der Waals surface area contributed by atoms with Crippen molar-refractivity contribution in [3.8, 4) is 11.4 Å². The Morgan fingerprint density at radius 1 is 1.41 bits per heavy atom. The van der Waals surface area contributed by atoms with E-state index >= 15 is 0 Å². The lowest BCUT2D eigenvalue weighted by molar-refractivity contribution is -0.122. The predicted molar refractivity (Wildman–Crippen MR) is 90.3 cm³/mol. The number of rotatable bonds is 7. The van der Waals surface area contributed by atoms with Gasteiger partial charge < -0.3 is 14.6 Å². The van der Waals surface area contributed by atoms with Crippen molar-refractivity contribution in [1.29, 1.82) is 0 Å². The normalized spacial score (nSPS) is 12.1. The standard InChI is InChI=1S/C15H18IN3O3/c1-10(9-21-2)17-13(20)7-8-14-18-15(19-22-14)11-3-5-12(16)6-4-11/h3-6,10H,7-9H2,1-2H3,(H,17,20). The number of aryl methyl sites for hydroxylation is 1. The van der Waals surface area contributed by atoms with Gasteiger partial charge in [0.1, 0.15) is 0 Å². The van der Waals surface area contributed by atoms with E-state index in [1.807, 2.05) is 31.2 Å². The van der Waals surface area contributed by atoms with Crippen LogP contribution in [0.5, 0.6) is 0 Å². The number of carbonyl (C=O) groups excluding carboxylic acids is 1. The van der Waals surface area contributed by atoms with Gasteiger partial charge in [-0.05, 0) is 41.6 Å². The van der Waals surface area contributed by atoms with Crippen molar-refractivity contribution in [1.82, 2.24) is 15.5 Å². The van der Waals surface area contributed by atoms with E-state index in [0.29, 0.717) is 31.2 Å². The van der Waals surface area contributed by atoms with E-state index in [1.54, 1.807) is 7.11 Å². The summed E-state index contributed by atoms with van der Waals surface area (Å²) in [6, 6.07) is 7.83. The van der Waals surface area contributed by atoms with E-state index in [-0.39, 0.29) is 11.9 Å². The zero-order chi connectivity index (χ0) is 15.9. The van der Waals surface area contributed by atoms with E-state index in [1.165, 1.54) is 0 Å². The monoisotopic (exact) mass is 415 g/mol. The lowest BCUT2D eigenvalue weighted by Gasteiger charge is -2.11. The number of amides is 1. The lowest BCUT2D eigenvalue weighted by atomic mass is 10.2. The number of aromatic nitrogens is 2. The Kier molecular flexibility index (Phi) is 6.32. The number of nitrogens with one attached hydrogen (secondary N) is 1. The molecule has 0 aliphatic heterocycles. The molecule has 1 heterocycles. The maximum absolute atomic E-state index is 11.8. The fraction of sp³-hybridized carbons (Fsp3) is 0.400. The first-order valence-corrected chi connectivity index (χ1v) is 8.03. The Hall–Kier alpha value is -1.48. The second kappa shape index (κ2) is 8.23. The van der Waals surface area contributed by atoms with Gasteiger partial charge in [-0.25, -0.2) is 0 Å². The van der Waals surface area contributed by atoms with Gasteiger partial charge >= 0.3 is 0 Å². The lowest BCUT2D eigenvalue weighted by Crippen LogP contribution is -2.35. The zero-order valence-corrected chi connectivity index (χ0v) is 14.7. The smallest absolute Gasteiger partial charge is 0.227 e. The third-order valence-corrected chi connectivity index (χ3v) is 3.68. The van der Waals surface area contributed by atoms with Crippen LogP contribution in [-0.2, 0) is 16.0 Å². The van der Waals surface area contributed by atoms with Crippen molar-refractivity contribution >= 4 is 28.5 Å². The summed E-state index contributed by atoms with van der Waals surface area (Å²) in [4.78, 5) is 16.1. The first-order chi connectivity index (χ1) is 10.6. The van der Waals surface area contributed by atoms with Gasteiger partial charge in [0.15, 0.2) is 0 Å². The Morgan fingerprint density at radius 2 is 2.14 bits per heavy atom. The third kappa shape index (κ3) is 5.06. The summed E-state index contributed by atoms with van der Waals surface area (Å²) in [5.41, 5.74) is 0.897. The Labute approximate surface area is 142 Å². The molecule has 0 bridgehead atoms. The highest BCUT2D eigenvalue weighted by Crippen LogP contribution is 2.17. The maximum Gasteiger partial charge on any atom is 0.227 e. The Morgan fingerprint density at radius 3 is 2.82 bits per heavy atom. The van der Waals surface area contributed by atoms with Crippen LogP contribution in [0.15, 0.2) is 28.8 Å². The second-order valence-electron chi connectivity index (χ2n) is 4.94. The van der Waals surface area contributed by atoms with Crippen LogP contribution in [0.1, 0.15) is 19.2 Å². The average Bonchev–Trinajstić information content (AvgIpc) is 2.95. The van der Waals surface area contributed by atoms with E-state index in [9.17, 15) is 4.79 Å². The quantitative estimate of drug-likeness (QED) is 0.703. The molecule has 0 aliphatic carbocycles. The van der Waals surface area contributed by atoms with Gasteiger partial charge in [0.2, 0.25) is 17.6 Å². The first kappa shape index (κ1) is 16.9. The highest BCUT2D eigenvalue weighted by atomic mass is 127. The van der Waals surface area contributed by atoms with Gasteiger partial charge in [0.25, 0.3) is 0 Å². The number of ether oxygens (including phenoxy) is 1. The molecule has 118 valence electrons. The molecule has 1 amide bonds. The summed E-state index contributed by atoms with van der Waals surface area (Å²) in [5, 5.41) is 6.79. The van der Waals surface area contributed by atoms with Gasteiger partial charge in [-0.1, -0.05) is 17.3 Å². The van der Waals surface area contributed by atoms with Crippen LogP contribution in [0, 0.1) is 3.57 Å². The van der Waals surface area contributed by atoms with Crippen molar-refractivity contribution in [3.05, 3.63) is 33.7 Å². The molecule has 1 N–H and O–H groups in total. The van der Waals surface area contributed by atoms with Crippen molar-refractivity contribution in [2.45, 2.75) is 25.8 Å². The largest absolute Gasteiger partial charge is 0.383 e. The molecule has 0 saturated carbocycles. The van der Waals surface area contributed by atoms with Crippen molar-refractivity contribution in [2.24, 2.45) is 0 Å². The van der Waals surface area contributed by atoms with Crippen LogP contribution in [-0.4, -0.2) is 35.8 Å². The number of halogens is 1. The summed E-state index contributed by atoms with van der Waals surface area (Å²) in [6.45, 7) is 2.38. The summed E-state index contributed by atoms with van der Waals surface area (Å²) >= 11 is 2.24. The van der Waals surface area contributed by atoms with Crippen molar-refractivity contribution in [3.63, 3.8) is 0 Å². The molecule has 6 nitrogen and oxygen atoms in total. The van der Waals surface area contributed by atoms with Crippen LogP contribution < -0.4 is 5.32 Å². The minimum Gasteiger partial charge on any atom is -0.383 e. The highest BCUT2D eigenvalue weighted by molar-refractivity contribution is 14.1. The Bertz CT molecular complexity index is 613. The number of carbonyl (C=O) groups is 1. The summed E-state index contributed by atoms with van der Waals surface area (Å²) in [6.07, 6.45) is 0.727. The minimum absolute atomic E-state index is 0.0115. The fourth-order valence-electron chi connectivity index (χ4n) is 1.93. The number of nitrogens with zero attached hydrogens (tertiary/aromatic N) is 2. The Balaban J connectivity index is 1.87. The van der Waals surface area contributed by atoms with Gasteiger partial charge in [0.05, 0.1) is 6.61 Å². The average molecular weight is 415 g/mol. The van der Waals surface area contributed by atoms with E-state index in [2.05, 4.69) is 38.0 Å². The maximum atomic E-state index is 11.8. The highest BCUT2D eigenvalue weighted by Gasteiger charge is 2.12. The summed E-state index contributed by atoms with van der Waals surface area (Å²) in [7, 11) is 1.60. The predicted octanol–water partition coefficient (Wildman–Crippen LogP) is 2.42. The fourth-order valence-corrected chi connectivity index (χ4v) is 2.29. The molecule has 0 saturated heterocycles. The van der Waals surface area contributed by atoms with Crippen LogP contribution in [0.25, 0.3) is 11.4 Å². The molecule has 0 spiro atoms. The molecule has 2 aromatic rings. The second-order valence-corrected chi connectivity index (χ2v) is 6.19. The van der Waals surface area contributed by atoms with Gasteiger partial charge in [-0.15, -0.1) is 0 Å². The summed E-state index contributed by atoms with van der Waals surface area (Å²) < 4.78 is 11.3. The van der Waals surface area contributed by atoms with Gasteiger partial charge in [-0.3, -0.25) is 4.79 Å². The minimum atomic E-state index is -0.0569. The molecule has 7 heteroatoms. The molecule has 0 aliphatic rings. The molecule has 22 heavy (non-hydrogen) atoms. The number of hydrogen-bond acceptors (Lipinski definition) is 5. The number of methoxy groups -OCH3 is 1. The van der Waals surface area contributed by atoms with Crippen molar-refractivity contribution in [2.75, 3.05) is 13.7 Å². The SMILES string of the molecule is COCC(C)NC(=O)CCc1nc(-c2ccc(I)cc2)no1. The van der Waals surface area contributed by atoms with Crippen LogP contribution in [0.4, 0.5) is 0 Å². The molecule has 1 atom stereocenters. The summed E-state index contributed by atoms with van der Waals surface area (Å²) in [5.74, 6) is 0.946. The van der Waals surface area contributed by atoms with E-state index in [4.69, 9.17) is 9.26 Å². The molecule has 0 radical (unpaired) electrons. The topological polar surface area (TPSA) is 77.2 Å². The van der Waals surface area contributed by atoms with Crippen LogP contribution >= 0.6 is 22.6 Å². The van der Waals surface area contributed by atoms with Crippen LogP contribution in [0.3, 0.4) is 0 Å². The van der Waals surface area contributed by atoms with E-state index < -0.39 is 0 Å². The third-order valence-electron chi connectivity index (χ3n) is 2.96.